The van der Waals surface area contributed by atoms with Crippen LogP contribution < -0.4 is 0 Å². The van der Waals surface area contributed by atoms with Crippen molar-refractivity contribution in [2.45, 2.75) is 19.1 Å². The minimum Gasteiger partial charge on any atom is -0.390 e. The minimum absolute atomic E-state index is 0.0898. The van der Waals surface area contributed by atoms with E-state index in [0.29, 0.717) is 11.1 Å². The van der Waals surface area contributed by atoms with Gasteiger partial charge in [-0.2, -0.15) is 0 Å². The Morgan fingerprint density at radius 2 is 2.22 bits per heavy atom. The fraction of sp³-hybridized carbons (Fsp3) is 0.400. The number of rotatable bonds is 5. The molecule has 0 fully saturated rings. The summed E-state index contributed by atoms with van der Waals surface area (Å²) < 4.78 is 0. The molecule has 0 saturated heterocycles. The molecule has 0 heterocycles. The largest absolute Gasteiger partial charge is 0.390 e. The van der Waals surface area contributed by atoms with Crippen LogP contribution in [0.3, 0.4) is 0 Å². The van der Waals surface area contributed by atoms with Gasteiger partial charge in [0.15, 0.2) is 0 Å². The molecule has 2 unspecified atom stereocenters. The predicted molar refractivity (Wildman–Crippen MR) is 62.8 cm³/mol. The first-order valence-electron chi connectivity index (χ1n) is 5.09. The van der Waals surface area contributed by atoms with Crippen molar-refractivity contribution >= 4 is 5.69 Å². The molecule has 0 bridgehead atoms. The summed E-state index contributed by atoms with van der Waals surface area (Å²) in [5.74, 6) is 0. The van der Waals surface area contributed by atoms with Gasteiger partial charge in [-0.3, -0.25) is 10.1 Å². The Hall–Kier alpha value is -2.15. The summed E-state index contributed by atoms with van der Waals surface area (Å²) >= 11 is 0. The van der Waals surface area contributed by atoms with Gasteiger partial charge in [0.2, 0.25) is 0 Å². The summed E-state index contributed by atoms with van der Waals surface area (Å²) in [6.07, 6.45) is -2.50. The molecule has 0 aliphatic carbocycles. The lowest BCUT2D eigenvalue weighted by atomic mass is 9.99. The second kappa shape index (κ2) is 5.97. The number of aryl methyl sites for hydroxylation is 1. The van der Waals surface area contributed by atoms with Crippen LogP contribution in [0.15, 0.2) is 23.3 Å². The average molecular weight is 252 g/mol. The van der Waals surface area contributed by atoms with Crippen LogP contribution in [0.1, 0.15) is 17.2 Å². The maximum atomic E-state index is 10.5. The van der Waals surface area contributed by atoms with Crippen molar-refractivity contribution in [3.05, 3.63) is 49.9 Å². The third-order valence-corrected chi connectivity index (χ3v) is 2.48. The molecule has 96 valence electrons. The summed E-state index contributed by atoms with van der Waals surface area (Å²) in [5.41, 5.74) is 8.87. The van der Waals surface area contributed by atoms with Crippen LogP contribution in [0.4, 0.5) is 5.69 Å². The molecule has 1 aromatic rings. The van der Waals surface area contributed by atoms with Gasteiger partial charge in [-0.05, 0) is 29.6 Å². The van der Waals surface area contributed by atoms with Crippen molar-refractivity contribution in [3.8, 4) is 0 Å². The molecule has 0 spiro atoms. The van der Waals surface area contributed by atoms with E-state index < -0.39 is 17.1 Å². The molecule has 0 aliphatic rings. The van der Waals surface area contributed by atoms with Gasteiger partial charge in [-0.15, -0.1) is 0 Å². The predicted octanol–water partition coefficient (Wildman–Crippen LogP) is 1.61. The summed E-state index contributed by atoms with van der Waals surface area (Å²) in [7, 11) is 0. The zero-order valence-corrected chi connectivity index (χ0v) is 9.59. The van der Waals surface area contributed by atoms with Crippen LogP contribution in [0, 0.1) is 17.0 Å². The van der Waals surface area contributed by atoms with E-state index in [1.807, 2.05) is 0 Å². The second-order valence-corrected chi connectivity index (χ2v) is 3.72. The number of nitrogens with zero attached hydrogens (tertiary/aromatic N) is 4. The normalized spacial score (nSPS) is 13.5. The molecule has 18 heavy (non-hydrogen) atoms. The van der Waals surface area contributed by atoms with Crippen molar-refractivity contribution in [3.63, 3.8) is 0 Å². The molecule has 0 amide bonds. The molecule has 1 rings (SSSR count). The topological polar surface area (TPSA) is 132 Å². The van der Waals surface area contributed by atoms with Crippen molar-refractivity contribution in [2.75, 3.05) is 6.54 Å². The van der Waals surface area contributed by atoms with Gasteiger partial charge in [0.05, 0.1) is 17.6 Å². The van der Waals surface area contributed by atoms with E-state index in [0.717, 1.165) is 0 Å². The van der Waals surface area contributed by atoms with Crippen LogP contribution in [0.5, 0.6) is 0 Å². The third kappa shape index (κ3) is 3.17. The number of azide groups is 1. The fourth-order valence-corrected chi connectivity index (χ4v) is 1.53. The monoisotopic (exact) mass is 252 g/mol. The summed E-state index contributed by atoms with van der Waals surface area (Å²) in [6, 6.07) is 3.92. The van der Waals surface area contributed by atoms with Crippen molar-refractivity contribution in [2.24, 2.45) is 5.11 Å². The Labute approximate surface area is 102 Å². The highest BCUT2D eigenvalue weighted by molar-refractivity contribution is 5.40. The number of nitro benzene ring substituents is 1. The first-order valence-corrected chi connectivity index (χ1v) is 5.09. The maximum absolute atomic E-state index is 10.5. The number of hydrogen-bond donors (Lipinski definition) is 2. The van der Waals surface area contributed by atoms with E-state index in [-0.39, 0.29) is 12.2 Å². The molecule has 8 heteroatoms. The van der Waals surface area contributed by atoms with Crippen LogP contribution >= 0.6 is 0 Å². The van der Waals surface area contributed by atoms with Gasteiger partial charge < -0.3 is 10.2 Å². The van der Waals surface area contributed by atoms with Crippen molar-refractivity contribution in [1.29, 1.82) is 0 Å². The van der Waals surface area contributed by atoms with E-state index in [1.165, 1.54) is 18.2 Å². The number of hydrogen-bond acceptors (Lipinski definition) is 5. The Kier molecular flexibility index (Phi) is 4.61. The average Bonchev–Trinajstić information content (AvgIpc) is 2.34. The standard InChI is InChI=1S/C10H12N4O4/c1-6-4-7(14(17)18)2-3-8(6)10(16)9(15)5-12-13-11/h2-4,9-10,15-16H,5H2,1H3. The molecule has 8 nitrogen and oxygen atoms in total. The Bertz CT molecular complexity index is 499. The SMILES string of the molecule is Cc1cc([N+](=O)[O-])ccc1C(O)C(O)CN=[N+]=[N-]. The Morgan fingerprint density at radius 1 is 1.56 bits per heavy atom. The Balaban J connectivity index is 2.95. The van der Waals surface area contributed by atoms with Crippen LogP contribution in [0.25, 0.3) is 10.4 Å². The first-order chi connectivity index (χ1) is 8.47. The molecule has 0 aromatic heterocycles. The fourth-order valence-electron chi connectivity index (χ4n) is 1.53. The molecule has 2 atom stereocenters. The summed E-state index contributed by atoms with van der Waals surface area (Å²) in [4.78, 5) is 12.5. The number of benzene rings is 1. The minimum atomic E-state index is -1.25. The summed E-state index contributed by atoms with van der Waals surface area (Å²) in [6.45, 7) is 1.32. The van der Waals surface area contributed by atoms with Crippen molar-refractivity contribution in [1.82, 2.24) is 0 Å². The molecule has 2 N–H and O–H groups in total. The second-order valence-electron chi connectivity index (χ2n) is 3.72. The number of aliphatic hydroxyl groups is 2. The van der Waals surface area contributed by atoms with Crippen LogP contribution in [0.2, 0.25) is 0 Å². The highest BCUT2D eigenvalue weighted by atomic mass is 16.6. The highest BCUT2D eigenvalue weighted by Gasteiger charge is 2.20. The lowest BCUT2D eigenvalue weighted by Crippen LogP contribution is -2.21. The van der Waals surface area contributed by atoms with E-state index in [2.05, 4.69) is 10.0 Å². The van der Waals surface area contributed by atoms with Gasteiger partial charge >= 0.3 is 0 Å². The molecule has 0 aliphatic heterocycles. The van der Waals surface area contributed by atoms with E-state index in [9.17, 15) is 20.3 Å². The number of nitro groups is 1. The zero-order chi connectivity index (χ0) is 13.7. The molecule has 1 aromatic carbocycles. The number of aliphatic hydroxyl groups excluding tert-OH is 2. The van der Waals surface area contributed by atoms with Gasteiger partial charge in [0.25, 0.3) is 5.69 Å². The van der Waals surface area contributed by atoms with Gasteiger partial charge in [-0.25, -0.2) is 0 Å². The number of non-ortho nitro benzene ring substituents is 1. The van der Waals surface area contributed by atoms with Crippen LogP contribution in [-0.2, 0) is 0 Å². The molecular formula is C10H12N4O4. The molecular weight excluding hydrogens is 240 g/mol. The quantitative estimate of drug-likeness (QED) is 0.270. The third-order valence-electron chi connectivity index (χ3n) is 2.48. The maximum Gasteiger partial charge on any atom is 0.269 e. The lowest BCUT2D eigenvalue weighted by molar-refractivity contribution is -0.384. The highest BCUT2D eigenvalue weighted by Crippen LogP contribution is 2.24. The van der Waals surface area contributed by atoms with Gasteiger partial charge in [-0.1, -0.05) is 5.11 Å². The van der Waals surface area contributed by atoms with E-state index in [1.54, 1.807) is 6.92 Å². The van der Waals surface area contributed by atoms with Crippen LogP contribution in [-0.4, -0.2) is 27.8 Å². The van der Waals surface area contributed by atoms with Crippen molar-refractivity contribution < 1.29 is 15.1 Å². The molecule has 0 saturated carbocycles. The summed E-state index contributed by atoms with van der Waals surface area (Å²) in [5, 5.41) is 33.1. The smallest absolute Gasteiger partial charge is 0.269 e. The lowest BCUT2D eigenvalue weighted by Gasteiger charge is -2.18. The Morgan fingerprint density at radius 3 is 2.72 bits per heavy atom. The van der Waals surface area contributed by atoms with E-state index in [4.69, 9.17) is 5.53 Å². The van der Waals surface area contributed by atoms with E-state index >= 15 is 0 Å². The first kappa shape index (κ1) is 13.9. The van der Waals surface area contributed by atoms with Gasteiger partial charge in [0, 0.05) is 17.0 Å². The zero-order valence-electron chi connectivity index (χ0n) is 9.59. The molecule has 0 radical (unpaired) electrons. The van der Waals surface area contributed by atoms with Gasteiger partial charge in [0.1, 0.15) is 6.10 Å².